The summed E-state index contributed by atoms with van der Waals surface area (Å²) in [5.74, 6) is 0.931. The van der Waals surface area contributed by atoms with Crippen molar-refractivity contribution >= 4 is 11.7 Å². The van der Waals surface area contributed by atoms with Gasteiger partial charge >= 0.3 is 0 Å². The molecule has 1 amide bonds. The first kappa shape index (κ1) is 17.2. The minimum absolute atomic E-state index is 0.0580. The molecule has 1 heterocycles. The molecule has 0 fully saturated rings. The fourth-order valence-corrected chi connectivity index (χ4v) is 2.10. The second-order valence-electron chi connectivity index (χ2n) is 5.85. The van der Waals surface area contributed by atoms with Gasteiger partial charge in [0.2, 0.25) is 12.7 Å². The van der Waals surface area contributed by atoms with Crippen molar-refractivity contribution in [3.05, 3.63) is 23.8 Å². The number of hydrogen-bond donors (Lipinski definition) is 3. The fourth-order valence-electron chi connectivity index (χ4n) is 2.10. The maximum Gasteiger partial charge on any atom is 0.238 e. The Bertz CT molecular complexity index is 589. The molecule has 7 heteroatoms. The Morgan fingerprint density at radius 1 is 1.22 bits per heavy atom. The van der Waals surface area contributed by atoms with Gasteiger partial charge in [-0.05, 0) is 31.0 Å². The number of amides is 1. The Morgan fingerprint density at radius 2 is 1.91 bits per heavy atom. The van der Waals surface area contributed by atoms with Crippen LogP contribution in [0, 0.1) is 5.92 Å². The predicted molar refractivity (Wildman–Crippen MR) is 85.3 cm³/mol. The van der Waals surface area contributed by atoms with Gasteiger partial charge < -0.3 is 20.5 Å². The number of rotatable bonds is 7. The number of carbonyl (C=O) groups is 2. The van der Waals surface area contributed by atoms with E-state index in [2.05, 4.69) is 10.6 Å². The van der Waals surface area contributed by atoms with E-state index < -0.39 is 12.1 Å². The van der Waals surface area contributed by atoms with Gasteiger partial charge in [-0.3, -0.25) is 14.9 Å². The van der Waals surface area contributed by atoms with E-state index in [9.17, 15) is 9.59 Å². The second kappa shape index (κ2) is 7.43. The molecule has 2 atom stereocenters. The number of nitrogens with two attached hydrogens (primary N) is 1. The molecule has 2 unspecified atom stereocenters. The minimum Gasteiger partial charge on any atom is -0.454 e. The number of fused-ring (bicyclic) bond motifs is 1. The van der Waals surface area contributed by atoms with Crippen LogP contribution in [0.2, 0.25) is 0 Å². The van der Waals surface area contributed by atoms with Crippen LogP contribution in [0.25, 0.3) is 0 Å². The van der Waals surface area contributed by atoms with Crippen LogP contribution in [0.3, 0.4) is 0 Å². The van der Waals surface area contributed by atoms with Gasteiger partial charge in [-0.25, -0.2) is 0 Å². The lowest BCUT2D eigenvalue weighted by Crippen LogP contribution is -2.49. The summed E-state index contributed by atoms with van der Waals surface area (Å²) >= 11 is 0. The zero-order chi connectivity index (χ0) is 17.0. The summed E-state index contributed by atoms with van der Waals surface area (Å²) in [4.78, 5) is 24.1. The molecule has 2 rings (SSSR count). The molecule has 0 bridgehead atoms. The number of hydrogen-bond acceptors (Lipinski definition) is 6. The van der Waals surface area contributed by atoms with Crippen LogP contribution in [0.15, 0.2) is 18.2 Å². The van der Waals surface area contributed by atoms with Crippen molar-refractivity contribution in [2.75, 3.05) is 13.5 Å². The van der Waals surface area contributed by atoms with Crippen molar-refractivity contribution < 1.29 is 19.1 Å². The summed E-state index contributed by atoms with van der Waals surface area (Å²) in [7, 11) is 0. The van der Waals surface area contributed by atoms with Gasteiger partial charge in [0, 0.05) is 5.56 Å². The molecule has 1 aromatic carbocycles. The number of Topliss-reactive ketones (excluding diaryl/α,β-unsaturated/α-hetero) is 1. The van der Waals surface area contributed by atoms with Gasteiger partial charge in [-0.1, -0.05) is 13.8 Å². The molecule has 0 saturated heterocycles. The lowest BCUT2D eigenvalue weighted by atomic mass is 10.0. The number of ether oxygens (including phenoxy) is 2. The molecule has 1 aliphatic rings. The highest BCUT2D eigenvalue weighted by Crippen LogP contribution is 2.32. The smallest absolute Gasteiger partial charge is 0.238 e. The van der Waals surface area contributed by atoms with Crippen LogP contribution in [-0.2, 0) is 4.79 Å². The number of ketones is 1. The van der Waals surface area contributed by atoms with E-state index in [1.165, 1.54) is 0 Å². The number of carbonyl (C=O) groups excluding carboxylic acids is 2. The highest BCUT2D eigenvalue weighted by molar-refractivity contribution is 6.00. The van der Waals surface area contributed by atoms with Crippen molar-refractivity contribution in [2.24, 2.45) is 11.7 Å². The summed E-state index contributed by atoms with van der Waals surface area (Å²) in [5.41, 5.74) is 6.27. The molecular weight excluding hydrogens is 298 g/mol. The summed E-state index contributed by atoms with van der Waals surface area (Å²) in [6.45, 7) is 5.84. The van der Waals surface area contributed by atoms with Crippen molar-refractivity contribution in [2.45, 2.75) is 32.9 Å². The molecule has 0 aromatic heterocycles. The lowest BCUT2D eigenvalue weighted by Gasteiger charge is -2.17. The zero-order valence-electron chi connectivity index (χ0n) is 13.6. The first-order valence-electron chi connectivity index (χ1n) is 7.60. The van der Waals surface area contributed by atoms with Crippen LogP contribution < -0.4 is 25.8 Å². The summed E-state index contributed by atoms with van der Waals surface area (Å²) in [5, 5.41) is 5.63. The molecule has 0 saturated carbocycles. The van der Waals surface area contributed by atoms with E-state index >= 15 is 0 Å². The van der Waals surface area contributed by atoms with Gasteiger partial charge in [0.25, 0.3) is 0 Å². The van der Waals surface area contributed by atoms with E-state index in [1.807, 2.05) is 13.8 Å². The Labute approximate surface area is 135 Å². The van der Waals surface area contributed by atoms with Crippen LogP contribution >= 0.6 is 0 Å². The van der Waals surface area contributed by atoms with Crippen molar-refractivity contribution in [1.29, 1.82) is 0 Å². The molecule has 1 aromatic rings. The van der Waals surface area contributed by atoms with Crippen molar-refractivity contribution in [3.63, 3.8) is 0 Å². The maximum absolute atomic E-state index is 12.4. The third-order valence-corrected chi connectivity index (χ3v) is 3.74. The maximum atomic E-state index is 12.4. The molecule has 0 spiro atoms. The highest BCUT2D eigenvalue weighted by Gasteiger charge is 2.20. The highest BCUT2D eigenvalue weighted by atomic mass is 16.7. The normalized spacial score (nSPS) is 15.3. The standard InChI is InChI=1S/C16H23N3O4/c1-9(2)14(17)16(21)19-7-18-10(3)15(20)11-4-5-12-13(6-11)23-8-22-12/h4-6,9-10,14,18H,7-8,17H2,1-3H3,(H,19,21). The summed E-state index contributed by atoms with van der Waals surface area (Å²) in [6, 6.07) is 4.06. The van der Waals surface area contributed by atoms with Gasteiger partial charge in [0.15, 0.2) is 17.3 Å². The van der Waals surface area contributed by atoms with E-state index in [1.54, 1.807) is 25.1 Å². The number of benzene rings is 1. The lowest BCUT2D eigenvalue weighted by molar-refractivity contribution is -0.123. The summed E-state index contributed by atoms with van der Waals surface area (Å²) < 4.78 is 10.5. The zero-order valence-corrected chi connectivity index (χ0v) is 13.6. The second-order valence-corrected chi connectivity index (χ2v) is 5.85. The summed E-state index contributed by atoms with van der Waals surface area (Å²) in [6.07, 6.45) is 0. The third kappa shape index (κ3) is 4.20. The van der Waals surface area contributed by atoms with Crippen LogP contribution in [0.5, 0.6) is 11.5 Å². The van der Waals surface area contributed by atoms with E-state index in [-0.39, 0.29) is 31.1 Å². The molecular formula is C16H23N3O4. The van der Waals surface area contributed by atoms with Gasteiger partial charge in [-0.15, -0.1) is 0 Å². The Hall–Kier alpha value is -2.12. The molecule has 0 radical (unpaired) electrons. The average Bonchev–Trinajstić information content (AvgIpc) is 3.00. The molecule has 7 nitrogen and oxygen atoms in total. The Morgan fingerprint density at radius 3 is 2.61 bits per heavy atom. The van der Waals surface area contributed by atoms with Gasteiger partial charge in [-0.2, -0.15) is 0 Å². The van der Waals surface area contributed by atoms with Crippen LogP contribution in [-0.4, -0.2) is 37.2 Å². The molecule has 0 aliphatic carbocycles. The molecule has 4 N–H and O–H groups in total. The average molecular weight is 321 g/mol. The predicted octanol–water partition coefficient (Wildman–Crippen LogP) is 0.633. The van der Waals surface area contributed by atoms with E-state index in [0.717, 1.165) is 0 Å². The quantitative estimate of drug-likeness (QED) is 0.503. The largest absolute Gasteiger partial charge is 0.454 e. The van der Waals surface area contributed by atoms with Crippen molar-refractivity contribution in [1.82, 2.24) is 10.6 Å². The Kier molecular flexibility index (Phi) is 5.57. The van der Waals surface area contributed by atoms with E-state index in [4.69, 9.17) is 15.2 Å². The minimum atomic E-state index is -0.559. The molecule has 126 valence electrons. The van der Waals surface area contributed by atoms with Crippen molar-refractivity contribution in [3.8, 4) is 11.5 Å². The first-order chi connectivity index (χ1) is 10.9. The third-order valence-electron chi connectivity index (χ3n) is 3.74. The van der Waals surface area contributed by atoms with E-state index in [0.29, 0.717) is 17.1 Å². The first-order valence-corrected chi connectivity index (χ1v) is 7.60. The number of nitrogens with one attached hydrogen (secondary N) is 2. The molecule has 23 heavy (non-hydrogen) atoms. The van der Waals surface area contributed by atoms with Crippen LogP contribution in [0.4, 0.5) is 0 Å². The SMILES string of the molecule is CC(NCNC(=O)C(N)C(C)C)C(=O)c1ccc2c(c1)OCO2. The van der Waals surface area contributed by atoms with Gasteiger partial charge in [0.1, 0.15) is 0 Å². The Balaban J connectivity index is 1.85. The topological polar surface area (TPSA) is 103 Å². The monoisotopic (exact) mass is 321 g/mol. The van der Waals surface area contributed by atoms with Gasteiger partial charge in [0.05, 0.1) is 18.8 Å². The molecule has 1 aliphatic heterocycles. The van der Waals surface area contributed by atoms with Crippen LogP contribution in [0.1, 0.15) is 31.1 Å². The fraction of sp³-hybridized carbons (Fsp3) is 0.500.